The molecule has 166 valence electrons. The van der Waals surface area contributed by atoms with Crippen LogP contribution in [0.1, 0.15) is 66.7 Å². The minimum absolute atomic E-state index is 0.0988. The number of ether oxygens (including phenoxy) is 1. The quantitative estimate of drug-likeness (QED) is 0.402. The third kappa shape index (κ3) is 2.45. The summed E-state index contributed by atoms with van der Waals surface area (Å²) in [6.07, 6.45) is -0.985. The van der Waals surface area contributed by atoms with Crippen molar-refractivity contribution in [3.05, 3.63) is 0 Å². The van der Waals surface area contributed by atoms with Gasteiger partial charge in [-0.1, -0.05) is 13.8 Å². The number of carbonyl (C=O) groups is 1. The average molecular weight is 413 g/mol. The van der Waals surface area contributed by atoms with Gasteiger partial charge in [0.25, 0.3) is 0 Å². The maximum atomic E-state index is 11.9. The predicted molar refractivity (Wildman–Crippen MR) is 104 cm³/mol. The van der Waals surface area contributed by atoms with Gasteiger partial charge >= 0.3 is 5.97 Å². The van der Waals surface area contributed by atoms with E-state index in [1.54, 1.807) is 27.7 Å². The molecule has 0 heterocycles. The molecule has 0 saturated heterocycles. The minimum atomic E-state index is -1.70. The molecule has 4 rings (SSSR count). The summed E-state index contributed by atoms with van der Waals surface area (Å²) in [7, 11) is 0. The molecule has 0 aromatic rings. The molecule has 0 radical (unpaired) electrons. The Labute approximate surface area is 172 Å². The zero-order valence-corrected chi connectivity index (χ0v) is 18.1. The molecule has 7 heteroatoms. The van der Waals surface area contributed by atoms with Gasteiger partial charge < -0.3 is 30.3 Å². The standard InChI is InChI=1S/C22H36O7/c1-11(23)29-17-12-6-7-13-20(5,27)14-8-15(24)18(2,3)22(14,28)16(25)9-21(13,17)10-19(12,4)26/h12-17,24-28H,6-10H2,1-5H3/t12-,13+,14+,15+,16+,17-,19-,20+,21+,22-/m0/s1. The molecule has 10 atom stereocenters. The summed E-state index contributed by atoms with van der Waals surface area (Å²) in [6, 6.07) is 0. The number of rotatable bonds is 1. The molecule has 4 saturated carbocycles. The van der Waals surface area contributed by atoms with Crippen LogP contribution in [-0.4, -0.2) is 66.6 Å². The second-order valence-corrected chi connectivity index (χ2v) is 11.3. The Balaban J connectivity index is 1.90. The fourth-order valence-electron chi connectivity index (χ4n) is 8.14. The van der Waals surface area contributed by atoms with Crippen LogP contribution in [0.5, 0.6) is 0 Å². The number of hydrogen-bond donors (Lipinski definition) is 5. The highest BCUT2D eigenvalue weighted by Gasteiger charge is 2.77. The smallest absolute Gasteiger partial charge is 0.302 e. The van der Waals surface area contributed by atoms with E-state index >= 15 is 0 Å². The van der Waals surface area contributed by atoms with Crippen molar-refractivity contribution in [1.82, 2.24) is 0 Å². The average Bonchev–Trinajstić information content (AvgIpc) is 2.80. The number of aliphatic hydroxyl groups excluding tert-OH is 2. The van der Waals surface area contributed by atoms with Crippen molar-refractivity contribution in [3.63, 3.8) is 0 Å². The van der Waals surface area contributed by atoms with Crippen LogP contribution in [0, 0.1) is 28.6 Å². The lowest BCUT2D eigenvalue weighted by molar-refractivity contribution is -0.202. The van der Waals surface area contributed by atoms with E-state index in [-0.39, 0.29) is 31.1 Å². The summed E-state index contributed by atoms with van der Waals surface area (Å²) in [5.74, 6) is -1.86. The van der Waals surface area contributed by atoms with Crippen molar-refractivity contribution in [2.75, 3.05) is 0 Å². The van der Waals surface area contributed by atoms with Gasteiger partial charge in [-0.05, 0) is 51.9 Å². The Hall–Kier alpha value is -0.730. The first-order chi connectivity index (χ1) is 13.1. The van der Waals surface area contributed by atoms with Gasteiger partial charge in [0.05, 0.1) is 23.4 Å². The van der Waals surface area contributed by atoms with Crippen molar-refractivity contribution in [1.29, 1.82) is 0 Å². The Morgan fingerprint density at radius 3 is 2.17 bits per heavy atom. The number of fused-ring (bicyclic) bond motifs is 2. The molecule has 4 aliphatic rings. The van der Waals surface area contributed by atoms with E-state index in [1.165, 1.54) is 6.92 Å². The van der Waals surface area contributed by atoms with Gasteiger partial charge in [0.15, 0.2) is 0 Å². The van der Waals surface area contributed by atoms with Crippen LogP contribution in [0.25, 0.3) is 0 Å². The Morgan fingerprint density at radius 1 is 0.966 bits per heavy atom. The van der Waals surface area contributed by atoms with E-state index in [0.29, 0.717) is 12.8 Å². The third-order valence-electron chi connectivity index (χ3n) is 9.52. The van der Waals surface area contributed by atoms with E-state index in [2.05, 4.69) is 0 Å². The molecule has 29 heavy (non-hydrogen) atoms. The van der Waals surface area contributed by atoms with Crippen molar-refractivity contribution in [2.24, 2.45) is 28.6 Å². The highest BCUT2D eigenvalue weighted by atomic mass is 16.5. The van der Waals surface area contributed by atoms with Crippen LogP contribution in [0.2, 0.25) is 0 Å². The molecule has 7 nitrogen and oxygen atoms in total. The van der Waals surface area contributed by atoms with Crippen molar-refractivity contribution in [2.45, 2.75) is 102 Å². The first-order valence-electron chi connectivity index (χ1n) is 10.8. The molecule has 4 fully saturated rings. The summed E-state index contributed by atoms with van der Waals surface area (Å²) in [6.45, 7) is 8.20. The maximum absolute atomic E-state index is 11.9. The molecule has 0 aromatic carbocycles. The van der Waals surface area contributed by atoms with Gasteiger partial charge in [0.1, 0.15) is 11.7 Å². The van der Waals surface area contributed by atoms with Crippen molar-refractivity contribution < 1.29 is 35.1 Å². The summed E-state index contributed by atoms with van der Waals surface area (Å²) >= 11 is 0. The van der Waals surface area contributed by atoms with Crippen LogP contribution < -0.4 is 0 Å². The number of aliphatic hydroxyl groups is 5. The van der Waals surface area contributed by atoms with Crippen LogP contribution in [-0.2, 0) is 9.53 Å². The van der Waals surface area contributed by atoms with Gasteiger partial charge in [-0.3, -0.25) is 4.79 Å². The van der Waals surface area contributed by atoms with Crippen LogP contribution >= 0.6 is 0 Å². The first-order valence-corrected chi connectivity index (χ1v) is 10.8. The van der Waals surface area contributed by atoms with E-state index in [1.807, 2.05) is 0 Å². The zero-order chi connectivity index (χ0) is 21.8. The maximum Gasteiger partial charge on any atom is 0.302 e. The molecule has 5 N–H and O–H groups in total. The number of carbonyl (C=O) groups excluding carboxylic acids is 1. The summed E-state index contributed by atoms with van der Waals surface area (Å²) in [5, 5.41) is 57.0. The van der Waals surface area contributed by atoms with Crippen LogP contribution in [0.3, 0.4) is 0 Å². The molecule has 1 spiro atoms. The zero-order valence-electron chi connectivity index (χ0n) is 18.1. The number of esters is 1. The monoisotopic (exact) mass is 412 g/mol. The lowest BCUT2D eigenvalue weighted by Gasteiger charge is -2.51. The van der Waals surface area contributed by atoms with Gasteiger partial charge in [-0.25, -0.2) is 0 Å². The largest absolute Gasteiger partial charge is 0.462 e. The van der Waals surface area contributed by atoms with Gasteiger partial charge in [0.2, 0.25) is 0 Å². The SMILES string of the molecule is CC(=O)O[C@H]1[C@@H]2CC[C@@H]3[C@@](C)(O)[C@H]4C[C@@H](O)C(C)(C)[C@@]4(O)[C@H](O)C[C@@]31C[C@]2(C)O. The molecule has 2 bridgehead atoms. The second kappa shape index (κ2) is 5.94. The van der Waals surface area contributed by atoms with E-state index in [0.717, 1.165) is 0 Å². The lowest BCUT2D eigenvalue weighted by Crippen LogP contribution is -2.60. The van der Waals surface area contributed by atoms with Crippen LogP contribution in [0.4, 0.5) is 0 Å². The molecule has 4 aliphatic carbocycles. The molecule has 0 amide bonds. The van der Waals surface area contributed by atoms with Crippen molar-refractivity contribution >= 4 is 5.97 Å². The normalized spacial score (nSPS) is 58.3. The fourth-order valence-corrected chi connectivity index (χ4v) is 8.14. The first kappa shape index (κ1) is 21.5. The highest BCUT2D eigenvalue weighted by Crippen LogP contribution is 2.70. The Morgan fingerprint density at radius 2 is 1.59 bits per heavy atom. The molecular weight excluding hydrogens is 376 g/mol. The second-order valence-electron chi connectivity index (χ2n) is 11.3. The van der Waals surface area contributed by atoms with Gasteiger partial charge in [-0.2, -0.15) is 0 Å². The summed E-state index contributed by atoms with van der Waals surface area (Å²) in [5.41, 5.74) is -6.08. The third-order valence-corrected chi connectivity index (χ3v) is 9.52. The minimum Gasteiger partial charge on any atom is -0.462 e. The number of hydrogen-bond acceptors (Lipinski definition) is 7. The topological polar surface area (TPSA) is 127 Å². The van der Waals surface area contributed by atoms with E-state index < -0.39 is 57.8 Å². The molecule has 0 aliphatic heterocycles. The summed E-state index contributed by atoms with van der Waals surface area (Å²) < 4.78 is 5.75. The Kier molecular flexibility index (Phi) is 4.41. The van der Waals surface area contributed by atoms with Gasteiger partial charge in [0, 0.05) is 29.6 Å². The highest BCUT2D eigenvalue weighted by molar-refractivity contribution is 5.66. The molecule has 0 unspecified atom stereocenters. The molecular formula is C22H36O7. The molecule has 0 aromatic heterocycles. The van der Waals surface area contributed by atoms with Crippen LogP contribution in [0.15, 0.2) is 0 Å². The fraction of sp³-hybridized carbons (Fsp3) is 0.955. The van der Waals surface area contributed by atoms with E-state index in [9.17, 15) is 30.3 Å². The van der Waals surface area contributed by atoms with Crippen molar-refractivity contribution in [3.8, 4) is 0 Å². The summed E-state index contributed by atoms with van der Waals surface area (Å²) in [4.78, 5) is 11.9. The van der Waals surface area contributed by atoms with Gasteiger partial charge in [-0.15, -0.1) is 0 Å². The lowest BCUT2D eigenvalue weighted by atomic mass is 9.57. The Bertz CT molecular complexity index is 716. The predicted octanol–water partition coefficient (Wildman–Crippen LogP) is 0.739. The van der Waals surface area contributed by atoms with E-state index in [4.69, 9.17) is 4.74 Å².